The molecule has 4 heterocycles. The fourth-order valence-electron chi connectivity index (χ4n) is 6.51. The van der Waals surface area contributed by atoms with Crippen LogP contribution in [0.2, 0.25) is 0 Å². The van der Waals surface area contributed by atoms with E-state index in [9.17, 15) is 19.5 Å². The van der Waals surface area contributed by atoms with Crippen LogP contribution < -0.4 is 9.64 Å². The van der Waals surface area contributed by atoms with Crippen molar-refractivity contribution in [2.45, 2.75) is 50.5 Å². The number of hydrogen-bond donors (Lipinski definition) is 1. The summed E-state index contributed by atoms with van der Waals surface area (Å²) in [5, 5.41) is 10.4. The summed E-state index contributed by atoms with van der Waals surface area (Å²) in [6.07, 6.45) is 7.62. The van der Waals surface area contributed by atoms with Gasteiger partial charge in [0.25, 0.3) is 5.91 Å². The standard InChI is InChI=1S/C28H34N2O7/c1-5-27-12-7-15-36-26(34)22(27)21-24(32)30(20(16-31)17(2)3)23-25(33)29(14-6-13-28(21,23)37-27)18-8-10-19(35-4)11-9-18/h6-13,17,20-23,31H,5,14-16H2,1-4H3/t20-,21-,22-,23?,27+,28-/m0/s1. The predicted molar refractivity (Wildman–Crippen MR) is 135 cm³/mol. The van der Waals surface area contributed by atoms with E-state index in [1.165, 1.54) is 4.90 Å². The van der Waals surface area contributed by atoms with Gasteiger partial charge in [-0.3, -0.25) is 14.4 Å². The summed E-state index contributed by atoms with van der Waals surface area (Å²) in [6, 6.07) is 5.43. The number of aliphatic hydroxyl groups excluding tert-OH is 1. The van der Waals surface area contributed by atoms with Gasteiger partial charge in [0, 0.05) is 12.2 Å². The third-order valence-electron chi connectivity index (χ3n) is 8.33. The van der Waals surface area contributed by atoms with Gasteiger partial charge < -0.3 is 29.1 Å². The Kier molecular flexibility index (Phi) is 6.40. The van der Waals surface area contributed by atoms with Crippen LogP contribution in [-0.4, -0.2) is 77.9 Å². The number of methoxy groups -OCH3 is 1. The van der Waals surface area contributed by atoms with Gasteiger partial charge in [0.2, 0.25) is 5.91 Å². The number of nitrogens with zero attached hydrogens (tertiary/aromatic N) is 2. The van der Waals surface area contributed by atoms with Gasteiger partial charge in [-0.15, -0.1) is 0 Å². The number of benzene rings is 1. The van der Waals surface area contributed by atoms with Crippen LogP contribution in [0.15, 0.2) is 48.6 Å². The van der Waals surface area contributed by atoms with Crippen molar-refractivity contribution >= 4 is 23.5 Å². The monoisotopic (exact) mass is 510 g/mol. The van der Waals surface area contributed by atoms with Gasteiger partial charge in [0.05, 0.1) is 25.7 Å². The Morgan fingerprint density at radius 1 is 1.08 bits per heavy atom. The minimum absolute atomic E-state index is 0.104. The Hall–Kier alpha value is -3.17. The summed E-state index contributed by atoms with van der Waals surface area (Å²) < 4.78 is 17.6. The molecule has 0 aromatic heterocycles. The first kappa shape index (κ1) is 25.5. The number of cyclic esters (lactones) is 1. The molecule has 2 amide bonds. The summed E-state index contributed by atoms with van der Waals surface area (Å²) in [5.74, 6) is -2.57. The summed E-state index contributed by atoms with van der Waals surface area (Å²) in [4.78, 5) is 45.1. The number of carbonyl (C=O) groups is 3. The fourth-order valence-corrected chi connectivity index (χ4v) is 6.51. The fraction of sp³-hybridized carbons (Fsp3) is 0.536. The molecule has 2 fully saturated rings. The second-order valence-electron chi connectivity index (χ2n) is 10.4. The smallest absolute Gasteiger partial charge is 0.313 e. The largest absolute Gasteiger partial charge is 0.497 e. The Labute approximate surface area is 216 Å². The third kappa shape index (κ3) is 3.62. The van der Waals surface area contributed by atoms with E-state index in [2.05, 4.69) is 0 Å². The molecule has 1 aromatic rings. The molecule has 0 saturated carbocycles. The lowest BCUT2D eigenvalue weighted by Crippen LogP contribution is -2.60. The highest BCUT2D eigenvalue weighted by Crippen LogP contribution is 2.59. The Balaban J connectivity index is 1.68. The van der Waals surface area contributed by atoms with Crippen LogP contribution in [0.25, 0.3) is 0 Å². The Bertz CT molecular complexity index is 1150. The van der Waals surface area contributed by atoms with Gasteiger partial charge in [-0.05, 0) is 42.7 Å². The van der Waals surface area contributed by atoms with E-state index in [-0.39, 0.29) is 37.5 Å². The zero-order valence-corrected chi connectivity index (χ0v) is 21.6. The highest BCUT2D eigenvalue weighted by molar-refractivity contribution is 6.05. The lowest BCUT2D eigenvalue weighted by Gasteiger charge is -2.41. The van der Waals surface area contributed by atoms with Crippen molar-refractivity contribution in [2.75, 3.05) is 31.8 Å². The minimum Gasteiger partial charge on any atom is -0.497 e. The van der Waals surface area contributed by atoms with Crippen LogP contribution in [0, 0.1) is 17.8 Å². The number of hydrogen-bond acceptors (Lipinski definition) is 7. The van der Waals surface area contributed by atoms with Crippen molar-refractivity contribution in [1.82, 2.24) is 4.90 Å². The highest BCUT2D eigenvalue weighted by Gasteiger charge is 2.76. The molecule has 198 valence electrons. The number of ether oxygens (including phenoxy) is 3. The van der Waals surface area contributed by atoms with E-state index in [1.54, 1.807) is 48.4 Å². The molecule has 9 heteroatoms. The molecule has 0 radical (unpaired) electrons. The summed E-state index contributed by atoms with van der Waals surface area (Å²) in [7, 11) is 1.57. The molecule has 1 aromatic carbocycles. The first-order chi connectivity index (χ1) is 17.7. The van der Waals surface area contributed by atoms with Gasteiger partial charge in [0.15, 0.2) is 0 Å². The molecule has 9 nitrogen and oxygen atoms in total. The Morgan fingerprint density at radius 2 is 1.81 bits per heavy atom. The summed E-state index contributed by atoms with van der Waals surface area (Å²) in [5.41, 5.74) is -1.82. The second kappa shape index (κ2) is 9.29. The molecule has 2 saturated heterocycles. The van der Waals surface area contributed by atoms with Gasteiger partial charge in [-0.2, -0.15) is 0 Å². The van der Waals surface area contributed by atoms with Crippen LogP contribution in [-0.2, 0) is 23.9 Å². The molecule has 1 unspecified atom stereocenters. The van der Waals surface area contributed by atoms with Gasteiger partial charge in [-0.1, -0.05) is 39.0 Å². The topological polar surface area (TPSA) is 106 Å². The number of amides is 2. The molecule has 0 bridgehead atoms. The third-order valence-corrected chi connectivity index (χ3v) is 8.33. The van der Waals surface area contributed by atoms with Crippen molar-refractivity contribution in [3.8, 4) is 5.75 Å². The van der Waals surface area contributed by atoms with Crippen molar-refractivity contribution in [1.29, 1.82) is 0 Å². The Morgan fingerprint density at radius 3 is 2.43 bits per heavy atom. The van der Waals surface area contributed by atoms with E-state index >= 15 is 0 Å². The number of anilines is 1. The molecule has 4 aliphatic rings. The summed E-state index contributed by atoms with van der Waals surface area (Å²) in [6.45, 7) is 5.74. The number of rotatable bonds is 6. The molecule has 5 rings (SSSR count). The maximum atomic E-state index is 14.4. The van der Waals surface area contributed by atoms with Crippen LogP contribution in [0.5, 0.6) is 5.75 Å². The number of likely N-dealkylation sites (tertiary alicyclic amines) is 1. The number of esters is 1. The van der Waals surface area contributed by atoms with E-state index in [1.807, 2.05) is 32.9 Å². The van der Waals surface area contributed by atoms with Crippen molar-refractivity contribution < 1.29 is 33.7 Å². The van der Waals surface area contributed by atoms with Crippen molar-refractivity contribution in [2.24, 2.45) is 17.8 Å². The number of carbonyl (C=O) groups excluding carboxylic acids is 3. The van der Waals surface area contributed by atoms with Gasteiger partial charge >= 0.3 is 5.97 Å². The average molecular weight is 511 g/mol. The molecule has 37 heavy (non-hydrogen) atoms. The van der Waals surface area contributed by atoms with Crippen LogP contribution in [0.1, 0.15) is 27.2 Å². The van der Waals surface area contributed by atoms with Crippen LogP contribution in [0.4, 0.5) is 5.69 Å². The van der Waals surface area contributed by atoms with Gasteiger partial charge in [0.1, 0.15) is 35.5 Å². The maximum absolute atomic E-state index is 14.4. The molecule has 1 spiro atoms. The van der Waals surface area contributed by atoms with Crippen molar-refractivity contribution in [3.63, 3.8) is 0 Å². The lowest BCUT2D eigenvalue weighted by molar-refractivity contribution is -0.159. The summed E-state index contributed by atoms with van der Waals surface area (Å²) >= 11 is 0. The number of fused-ring (bicyclic) bond motifs is 2. The second-order valence-corrected chi connectivity index (χ2v) is 10.4. The first-order valence-corrected chi connectivity index (χ1v) is 12.8. The quantitative estimate of drug-likeness (QED) is 0.462. The first-order valence-electron chi connectivity index (χ1n) is 12.8. The zero-order valence-electron chi connectivity index (χ0n) is 21.6. The molecule has 1 N–H and O–H groups in total. The van der Waals surface area contributed by atoms with Crippen LogP contribution >= 0.6 is 0 Å². The minimum atomic E-state index is -1.39. The highest BCUT2D eigenvalue weighted by atomic mass is 16.6. The normalized spacial score (nSPS) is 33.6. The molecule has 4 aliphatic heterocycles. The SMILES string of the molecule is CC[C@@]12C=CCOC(=O)[C@@H]1[C@H]1C(=O)N([C@@H](CO)C(C)C)C3C(=O)N(c4ccc(OC)cc4)CC=C[C@@]31O2. The molecule has 0 aliphatic carbocycles. The van der Waals surface area contributed by atoms with E-state index < -0.39 is 41.1 Å². The number of aliphatic hydroxyl groups is 1. The zero-order chi connectivity index (χ0) is 26.5. The van der Waals surface area contributed by atoms with Gasteiger partial charge in [-0.25, -0.2) is 0 Å². The molecular weight excluding hydrogens is 476 g/mol. The van der Waals surface area contributed by atoms with Crippen molar-refractivity contribution in [3.05, 3.63) is 48.6 Å². The molecule has 6 atom stereocenters. The van der Waals surface area contributed by atoms with Crippen LogP contribution in [0.3, 0.4) is 0 Å². The maximum Gasteiger partial charge on any atom is 0.313 e. The molecular formula is C28H34N2O7. The predicted octanol–water partition coefficient (Wildman–Crippen LogP) is 2.09. The average Bonchev–Trinajstić information content (AvgIpc) is 3.16. The lowest BCUT2D eigenvalue weighted by atomic mass is 9.73. The van der Waals surface area contributed by atoms with E-state index in [0.717, 1.165) is 0 Å². The van der Waals surface area contributed by atoms with E-state index in [0.29, 0.717) is 17.9 Å². The van der Waals surface area contributed by atoms with E-state index in [4.69, 9.17) is 14.2 Å².